The highest BCUT2D eigenvalue weighted by molar-refractivity contribution is 8.00. The van der Waals surface area contributed by atoms with Crippen LogP contribution in [0.1, 0.15) is 27.2 Å². The van der Waals surface area contributed by atoms with E-state index < -0.39 is 0 Å². The van der Waals surface area contributed by atoms with E-state index in [2.05, 4.69) is 47.6 Å². The minimum atomic E-state index is 0.346. The average molecular weight is 216 g/mol. The molecule has 0 saturated heterocycles. The molecule has 3 heteroatoms. The first-order chi connectivity index (χ1) is 6.16. The van der Waals surface area contributed by atoms with E-state index >= 15 is 0 Å². The molecule has 3 atom stereocenters. The van der Waals surface area contributed by atoms with Gasteiger partial charge in [0.25, 0.3) is 0 Å². The van der Waals surface area contributed by atoms with Gasteiger partial charge in [-0.1, -0.05) is 32.4 Å². The summed E-state index contributed by atoms with van der Waals surface area (Å²) >= 11 is 0. The average Bonchev–Trinajstić information content (AvgIpc) is 2.08. The lowest BCUT2D eigenvalue weighted by Gasteiger charge is -2.01. The predicted molar refractivity (Wildman–Crippen MR) is 65.0 cm³/mol. The Labute approximate surface area is 85.7 Å². The zero-order valence-electron chi connectivity index (χ0n) is 8.55. The standard InChI is InChI=1S/C10H18OP2/c1-9(2)6-4-5-7-10(3)8-11-13-12/h6,10,13H,4,8,12H2,1-3H3. The second-order valence-corrected chi connectivity index (χ2v) is 4.37. The van der Waals surface area contributed by atoms with Crippen molar-refractivity contribution < 1.29 is 4.52 Å². The van der Waals surface area contributed by atoms with Gasteiger partial charge in [0.2, 0.25) is 0 Å². The van der Waals surface area contributed by atoms with E-state index in [9.17, 15) is 0 Å². The summed E-state index contributed by atoms with van der Waals surface area (Å²) in [6.07, 6.45) is 2.99. The minimum Gasteiger partial charge on any atom is -0.357 e. The molecule has 0 fully saturated rings. The minimum absolute atomic E-state index is 0.346. The fraction of sp³-hybridized carbons (Fsp3) is 0.600. The van der Waals surface area contributed by atoms with Gasteiger partial charge in [-0.25, -0.2) is 0 Å². The molecular formula is C10H18OP2. The van der Waals surface area contributed by atoms with Gasteiger partial charge in [-0.2, -0.15) is 0 Å². The first-order valence-electron chi connectivity index (χ1n) is 4.36. The molecule has 0 bridgehead atoms. The Kier molecular flexibility index (Phi) is 8.79. The Bertz CT molecular complexity index is 209. The Morgan fingerprint density at radius 2 is 2.31 bits per heavy atom. The molecule has 74 valence electrons. The van der Waals surface area contributed by atoms with E-state index in [-0.39, 0.29) is 0 Å². The van der Waals surface area contributed by atoms with Crippen LogP contribution in [0.25, 0.3) is 0 Å². The molecule has 0 rings (SSSR count). The maximum absolute atomic E-state index is 5.25. The van der Waals surface area contributed by atoms with Crippen LogP contribution in [0.15, 0.2) is 11.6 Å². The molecule has 0 aromatic heterocycles. The van der Waals surface area contributed by atoms with Gasteiger partial charge in [0.15, 0.2) is 0 Å². The molecule has 0 aliphatic carbocycles. The third kappa shape index (κ3) is 10.0. The van der Waals surface area contributed by atoms with E-state index in [0.29, 0.717) is 14.4 Å². The number of hydrogen-bond donors (Lipinski definition) is 0. The van der Waals surface area contributed by atoms with Gasteiger partial charge in [-0.15, -0.1) is 0 Å². The van der Waals surface area contributed by atoms with Crippen molar-refractivity contribution in [2.24, 2.45) is 5.92 Å². The summed E-state index contributed by atoms with van der Waals surface area (Å²) in [6.45, 7) is 7.00. The van der Waals surface area contributed by atoms with Gasteiger partial charge in [-0.3, -0.25) is 0 Å². The van der Waals surface area contributed by atoms with E-state index in [1.807, 2.05) is 0 Å². The van der Waals surface area contributed by atoms with Crippen LogP contribution in [-0.2, 0) is 4.52 Å². The summed E-state index contributed by atoms with van der Waals surface area (Å²) < 4.78 is 5.25. The van der Waals surface area contributed by atoms with Crippen LogP contribution in [0, 0.1) is 17.8 Å². The molecule has 0 spiro atoms. The second-order valence-electron chi connectivity index (χ2n) is 3.14. The first kappa shape index (κ1) is 13.1. The van der Waals surface area contributed by atoms with Crippen LogP contribution >= 0.6 is 17.4 Å². The number of allylic oxidation sites excluding steroid dienone is 2. The molecule has 0 saturated carbocycles. The van der Waals surface area contributed by atoms with E-state index in [1.165, 1.54) is 5.57 Å². The lowest BCUT2D eigenvalue weighted by molar-refractivity contribution is 0.334. The van der Waals surface area contributed by atoms with E-state index in [4.69, 9.17) is 4.52 Å². The summed E-state index contributed by atoms with van der Waals surface area (Å²) in [6, 6.07) is 0. The van der Waals surface area contributed by atoms with Gasteiger partial charge < -0.3 is 4.52 Å². The second kappa shape index (κ2) is 8.71. The fourth-order valence-corrected chi connectivity index (χ4v) is 1.34. The molecule has 0 radical (unpaired) electrons. The van der Waals surface area contributed by atoms with Crippen molar-refractivity contribution in [1.82, 2.24) is 0 Å². The lowest BCUT2D eigenvalue weighted by Crippen LogP contribution is -1.97. The van der Waals surface area contributed by atoms with Crippen LogP contribution in [0.4, 0.5) is 0 Å². The zero-order chi connectivity index (χ0) is 10.1. The predicted octanol–water partition coefficient (Wildman–Crippen LogP) is 3.38. The van der Waals surface area contributed by atoms with Crippen LogP contribution < -0.4 is 0 Å². The molecule has 0 amide bonds. The zero-order valence-corrected chi connectivity index (χ0v) is 10.7. The number of rotatable bonds is 4. The maximum atomic E-state index is 5.25. The third-order valence-corrected chi connectivity index (χ3v) is 2.21. The van der Waals surface area contributed by atoms with Gasteiger partial charge >= 0.3 is 0 Å². The highest BCUT2D eigenvalue weighted by atomic mass is 32.0. The molecule has 0 heterocycles. The van der Waals surface area contributed by atoms with Crippen molar-refractivity contribution in [2.45, 2.75) is 27.2 Å². The molecule has 1 nitrogen and oxygen atoms in total. The molecule has 0 aromatic carbocycles. The topological polar surface area (TPSA) is 9.23 Å². The summed E-state index contributed by atoms with van der Waals surface area (Å²) in [7, 11) is 3.05. The van der Waals surface area contributed by atoms with Gasteiger partial charge in [-0.05, 0) is 20.8 Å². The van der Waals surface area contributed by atoms with E-state index in [1.54, 1.807) is 0 Å². The Morgan fingerprint density at radius 1 is 1.62 bits per heavy atom. The highest BCUT2D eigenvalue weighted by Gasteiger charge is 1.94. The molecule has 3 unspecified atom stereocenters. The Morgan fingerprint density at radius 3 is 2.85 bits per heavy atom. The van der Waals surface area contributed by atoms with Crippen molar-refractivity contribution in [1.29, 1.82) is 0 Å². The van der Waals surface area contributed by atoms with Crippen molar-refractivity contribution in [3.8, 4) is 11.8 Å². The van der Waals surface area contributed by atoms with Crippen molar-refractivity contribution >= 4 is 17.4 Å². The van der Waals surface area contributed by atoms with Crippen LogP contribution in [0.2, 0.25) is 0 Å². The molecule has 0 N–H and O–H groups in total. The van der Waals surface area contributed by atoms with Gasteiger partial charge in [0.05, 0.1) is 6.61 Å². The molecule has 13 heavy (non-hydrogen) atoms. The van der Waals surface area contributed by atoms with Crippen LogP contribution in [0.5, 0.6) is 0 Å². The SMILES string of the molecule is CC(C)=CCC#CC(C)COPP. The van der Waals surface area contributed by atoms with E-state index in [0.717, 1.165) is 13.0 Å². The first-order valence-corrected chi connectivity index (χ1v) is 7.07. The lowest BCUT2D eigenvalue weighted by atomic mass is 10.2. The molecule has 0 aromatic rings. The van der Waals surface area contributed by atoms with Crippen molar-refractivity contribution in [2.75, 3.05) is 6.61 Å². The third-order valence-electron chi connectivity index (χ3n) is 1.38. The molecule has 0 aliphatic rings. The van der Waals surface area contributed by atoms with Gasteiger partial charge in [0, 0.05) is 20.8 Å². The smallest absolute Gasteiger partial charge is 0.0644 e. The van der Waals surface area contributed by atoms with Crippen molar-refractivity contribution in [3.05, 3.63) is 11.6 Å². The van der Waals surface area contributed by atoms with Crippen LogP contribution in [-0.4, -0.2) is 6.61 Å². The highest BCUT2D eigenvalue weighted by Crippen LogP contribution is 2.21. The summed E-state index contributed by atoms with van der Waals surface area (Å²) in [5.41, 5.74) is 1.32. The Balaban J connectivity index is 3.63. The quantitative estimate of drug-likeness (QED) is 0.397. The maximum Gasteiger partial charge on any atom is 0.0644 e. The van der Waals surface area contributed by atoms with Crippen molar-refractivity contribution in [3.63, 3.8) is 0 Å². The monoisotopic (exact) mass is 216 g/mol. The number of hydrogen-bond acceptors (Lipinski definition) is 1. The fourth-order valence-electron chi connectivity index (χ4n) is 0.703. The normalized spacial score (nSPS) is 12.3. The largest absolute Gasteiger partial charge is 0.357 e. The summed E-state index contributed by atoms with van der Waals surface area (Å²) in [5.74, 6) is 6.61. The van der Waals surface area contributed by atoms with Crippen LogP contribution in [0.3, 0.4) is 0 Å². The molecular weight excluding hydrogens is 198 g/mol. The molecule has 0 aliphatic heterocycles. The summed E-state index contributed by atoms with van der Waals surface area (Å²) in [5, 5.41) is 0. The Hall–Kier alpha value is 0.120. The summed E-state index contributed by atoms with van der Waals surface area (Å²) in [4.78, 5) is 0. The van der Waals surface area contributed by atoms with Gasteiger partial charge in [0.1, 0.15) is 0 Å².